The highest BCUT2D eigenvalue weighted by Gasteiger charge is 2.21. The summed E-state index contributed by atoms with van der Waals surface area (Å²) in [6, 6.07) is 19.6. The molecule has 0 fully saturated rings. The highest BCUT2D eigenvalue weighted by molar-refractivity contribution is 7.91. The normalized spacial score (nSPS) is 11.2. The van der Waals surface area contributed by atoms with Gasteiger partial charge in [-0.05, 0) is 42.8 Å². The van der Waals surface area contributed by atoms with Crippen molar-refractivity contribution in [1.82, 2.24) is 4.98 Å². The standard InChI is InChI=1S/C22H22N2O3S/c1-18-9-11-21(12-10-18)28(26,27)15-13-22(25)24(20-7-3-2-4-8-20)17-19-6-5-14-23-16-19/h2-12,14,16H,13,15,17H2,1H3. The van der Waals surface area contributed by atoms with E-state index in [9.17, 15) is 13.2 Å². The van der Waals surface area contributed by atoms with E-state index in [1.807, 2.05) is 49.4 Å². The van der Waals surface area contributed by atoms with Gasteiger partial charge in [0.25, 0.3) is 0 Å². The minimum atomic E-state index is -3.52. The van der Waals surface area contributed by atoms with Crippen LogP contribution in [0.1, 0.15) is 17.5 Å². The van der Waals surface area contributed by atoms with Gasteiger partial charge in [0, 0.05) is 24.5 Å². The highest BCUT2D eigenvalue weighted by Crippen LogP contribution is 2.19. The first kappa shape index (κ1) is 19.8. The first-order valence-electron chi connectivity index (χ1n) is 8.99. The number of pyridine rings is 1. The Labute approximate surface area is 165 Å². The van der Waals surface area contributed by atoms with Crippen LogP contribution in [0.3, 0.4) is 0 Å². The third-order valence-electron chi connectivity index (χ3n) is 4.40. The molecule has 5 nitrogen and oxygen atoms in total. The molecule has 1 amide bonds. The molecule has 0 aliphatic rings. The van der Waals surface area contributed by atoms with E-state index in [0.717, 1.165) is 16.8 Å². The van der Waals surface area contributed by atoms with E-state index in [1.54, 1.807) is 41.6 Å². The molecule has 0 spiro atoms. The number of aromatic nitrogens is 1. The largest absolute Gasteiger partial charge is 0.308 e. The Bertz CT molecular complexity index is 1020. The number of sulfone groups is 1. The second-order valence-electron chi connectivity index (χ2n) is 6.56. The van der Waals surface area contributed by atoms with Crippen LogP contribution in [-0.4, -0.2) is 25.1 Å². The molecule has 28 heavy (non-hydrogen) atoms. The van der Waals surface area contributed by atoms with Gasteiger partial charge in [0.05, 0.1) is 17.2 Å². The van der Waals surface area contributed by atoms with Crippen molar-refractivity contribution in [2.75, 3.05) is 10.7 Å². The van der Waals surface area contributed by atoms with Crippen molar-refractivity contribution in [3.05, 3.63) is 90.3 Å². The number of para-hydroxylation sites is 1. The van der Waals surface area contributed by atoms with Gasteiger partial charge in [-0.3, -0.25) is 9.78 Å². The molecule has 1 aromatic heterocycles. The van der Waals surface area contributed by atoms with Crippen LogP contribution in [0.5, 0.6) is 0 Å². The van der Waals surface area contributed by atoms with E-state index < -0.39 is 9.84 Å². The lowest BCUT2D eigenvalue weighted by molar-refractivity contribution is -0.118. The molecule has 0 saturated heterocycles. The van der Waals surface area contributed by atoms with Crippen LogP contribution in [0.15, 0.2) is 84.0 Å². The predicted octanol–water partition coefficient (Wildman–Crippen LogP) is 3.79. The first-order valence-corrected chi connectivity index (χ1v) is 10.6. The van der Waals surface area contributed by atoms with Gasteiger partial charge in [-0.25, -0.2) is 8.42 Å². The topological polar surface area (TPSA) is 67.3 Å². The molecule has 0 aliphatic carbocycles. The number of rotatable bonds is 7. The summed E-state index contributed by atoms with van der Waals surface area (Å²) in [5, 5.41) is 0. The fourth-order valence-electron chi connectivity index (χ4n) is 2.83. The predicted molar refractivity (Wildman–Crippen MR) is 110 cm³/mol. The molecule has 0 radical (unpaired) electrons. The summed E-state index contributed by atoms with van der Waals surface area (Å²) in [5.74, 6) is -0.476. The Morgan fingerprint density at radius 3 is 2.32 bits per heavy atom. The zero-order chi connectivity index (χ0) is 20.0. The molecule has 1 heterocycles. The first-order chi connectivity index (χ1) is 13.5. The molecule has 3 aromatic rings. The third kappa shape index (κ3) is 5.04. The summed E-state index contributed by atoms with van der Waals surface area (Å²) >= 11 is 0. The summed E-state index contributed by atoms with van der Waals surface area (Å²) in [6.45, 7) is 2.23. The fourth-order valence-corrected chi connectivity index (χ4v) is 4.06. The van der Waals surface area contributed by atoms with Crippen LogP contribution >= 0.6 is 0 Å². The highest BCUT2D eigenvalue weighted by atomic mass is 32.2. The Morgan fingerprint density at radius 2 is 1.68 bits per heavy atom. The van der Waals surface area contributed by atoms with E-state index >= 15 is 0 Å². The average Bonchev–Trinajstić information content (AvgIpc) is 2.72. The maximum Gasteiger partial charge on any atom is 0.228 e. The second kappa shape index (κ2) is 8.80. The SMILES string of the molecule is Cc1ccc(S(=O)(=O)CCC(=O)N(Cc2cccnc2)c2ccccc2)cc1. The van der Waals surface area contributed by atoms with Gasteiger partial charge in [-0.15, -0.1) is 0 Å². The van der Waals surface area contributed by atoms with Crippen molar-refractivity contribution in [2.24, 2.45) is 0 Å². The molecule has 6 heteroatoms. The van der Waals surface area contributed by atoms with Crippen molar-refractivity contribution in [3.8, 4) is 0 Å². The number of benzene rings is 2. The maximum absolute atomic E-state index is 12.9. The summed E-state index contributed by atoms with van der Waals surface area (Å²) < 4.78 is 25.2. The Hall–Kier alpha value is -2.99. The van der Waals surface area contributed by atoms with Crippen LogP contribution in [0.2, 0.25) is 0 Å². The molecule has 0 unspecified atom stereocenters. The van der Waals surface area contributed by atoms with Gasteiger partial charge < -0.3 is 4.90 Å². The van der Waals surface area contributed by atoms with Crippen LogP contribution in [-0.2, 0) is 21.2 Å². The van der Waals surface area contributed by atoms with E-state index in [4.69, 9.17) is 0 Å². The van der Waals surface area contributed by atoms with Crippen molar-refractivity contribution >= 4 is 21.4 Å². The zero-order valence-corrected chi connectivity index (χ0v) is 16.5. The van der Waals surface area contributed by atoms with Gasteiger partial charge in [0.15, 0.2) is 9.84 Å². The van der Waals surface area contributed by atoms with E-state index in [1.165, 1.54) is 0 Å². The zero-order valence-electron chi connectivity index (χ0n) is 15.7. The lowest BCUT2D eigenvalue weighted by atomic mass is 10.2. The van der Waals surface area contributed by atoms with Crippen molar-refractivity contribution in [1.29, 1.82) is 0 Å². The molecular formula is C22H22N2O3S. The van der Waals surface area contributed by atoms with Crippen molar-refractivity contribution in [2.45, 2.75) is 24.8 Å². The smallest absolute Gasteiger partial charge is 0.228 e. The average molecular weight is 394 g/mol. The Kier molecular flexibility index (Phi) is 6.21. The Balaban J connectivity index is 1.77. The van der Waals surface area contributed by atoms with Crippen LogP contribution < -0.4 is 4.90 Å². The molecule has 0 aliphatic heterocycles. The summed E-state index contributed by atoms with van der Waals surface area (Å²) in [4.78, 5) is 18.8. The lowest BCUT2D eigenvalue weighted by Gasteiger charge is -2.23. The summed E-state index contributed by atoms with van der Waals surface area (Å²) in [7, 11) is -3.52. The van der Waals surface area contributed by atoms with Gasteiger partial charge in [0.2, 0.25) is 5.91 Å². The minimum Gasteiger partial charge on any atom is -0.308 e. The number of aryl methyl sites for hydroxylation is 1. The summed E-state index contributed by atoms with van der Waals surface area (Å²) in [5.41, 5.74) is 2.59. The number of hydrogen-bond donors (Lipinski definition) is 0. The number of hydrogen-bond acceptors (Lipinski definition) is 4. The quantitative estimate of drug-likeness (QED) is 0.611. The van der Waals surface area contributed by atoms with Crippen LogP contribution in [0.4, 0.5) is 5.69 Å². The van der Waals surface area contributed by atoms with E-state index in [0.29, 0.717) is 6.54 Å². The molecule has 0 saturated carbocycles. The molecule has 144 valence electrons. The van der Waals surface area contributed by atoms with Gasteiger partial charge >= 0.3 is 0 Å². The number of amides is 1. The van der Waals surface area contributed by atoms with E-state index in [2.05, 4.69) is 4.98 Å². The molecule has 0 N–H and O–H groups in total. The number of carbonyl (C=O) groups excluding carboxylic acids is 1. The van der Waals surface area contributed by atoms with Crippen molar-refractivity contribution < 1.29 is 13.2 Å². The molecule has 3 rings (SSSR count). The summed E-state index contributed by atoms with van der Waals surface area (Å²) in [6.07, 6.45) is 3.28. The number of nitrogens with zero attached hydrogens (tertiary/aromatic N) is 2. The van der Waals surface area contributed by atoms with Gasteiger partial charge in [-0.2, -0.15) is 0 Å². The molecule has 0 atom stereocenters. The molecule has 2 aromatic carbocycles. The fraction of sp³-hybridized carbons (Fsp3) is 0.182. The minimum absolute atomic E-state index is 0.0919. The molecule has 0 bridgehead atoms. The Morgan fingerprint density at radius 1 is 0.964 bits per heavy atom. The van der Waals surface area contributed by atoms with E-state index in [-0.39, 0.29) is 23.0 Å². The van der Waals surface area contributed by atoms with Crippen LogP contribution in [0, 0.1) is 6.92 Å². The van der Waals surface area contributed by atoms with Crippen LogP contribution in [0.25, 0.3) is 0 Å². The van der Waals surface area contributed by atoms with Gasteiger partial charge in [0.1, 0.15) is 0 Å². The number of anilines is 1. The van der Waals surface area contributed by atoms with Crippen molar-refractivity contribution in [3.63, 3.8) is 0 Å². The number of carbonyl (C=O) groups is 1. The third-order valence-corrected chi connectivity index (χ3v) is 6.13. The maximum atomic E-state index is 12.9. The van der Waals surface area contributed by atoms with Gasteiger partial charge in [-0.1, -0.05) is 42.0 Å². The monoisotopic (exact) mass is 394 g/mol. The lowest BCUT2D eigenvalue weighted by Crippen LogP contribution is -2.31. The second-order valence-corrected chi connectivity index (χ2v) is 8.67. The molecular weight excluding hydrogens is 372 g/mol.